The van der Waals surface area contributed by atoms with Crippen molar-refractivity contribution in [1.29, 1.82) is 0 Å². The molecule has 0 aromatic carbocycles. The Morgan fingerprint density at radius 3 is 1.13 bits per heavy atom. The lowest BCUT2D eigenvalue weighted by Crippen LogP contribution is -2.67. The molecule has 0 spiro atoms. The van der Waals surface area contributed by atoms with Crippen LogP contribution in [0.2, 0.25) is 0 Å². The maximum Gasteiger partial charge on any atom is 0.325 e. The van der Waals surface area contributed by atoms with Crippen molar-refractivity contribution < 1.29 is 91.9 Å². The van der Waals surface area contributed by atoms with Gasteiger partial charge in [-0.3, -0.25) is 33.1 Å². The maximum atomic E-state index is 14.9. The highest BCUT2D eigenvalue weighted by molar-refractivity contribution is 7.51. The molecule has 0 aromatic heterocycles. The first-order chi connectivity index (χ1) is 50.8. The summed E-state index contributed by atoms with van der Waals surface area (Å²) in [6.07, 6.45) is 36.3. The molecule has 2 fully saturated rings. The standard InChI is InChI=1S/C83H157N2O19P/c1-7-12-17-22-27-32-34-39-44-49-54-59-73(90)99-67(57-52-47-42-37-30-25-20-15-10-4)62-72(89)85-77-81(103-75(92)63-68(58-53-48-43-38-31-26-21-16-11-5)100-74(91)60-55-50-45-40-35-33-28-23-18-13-8-2)80(104-105(6,96)97)69(64-86)102-83(77)98-65-70-78(93)79(94)76(82(95)101-70)84-71(88)61-66(87)56-51-46-41-36-29-24-19-14-9-3/h66-70,76-83,86-87,93-95H,7-65H2,1-6H3,(H,84,88)(H,85,89)(H,96,97)/t66-,67-,68-,69?,70?,76?,77?,78-,79-,80-,81-,82+,83-/m1/s1. The molecule has 2 aliphatic heterocycles. The smallest absolute Gasteiger partial charge is 0.325 e. The van der Waals surface area contributed by atoms with E-state index in [-0.39, 0.29) is 25.7 Å². The molecular formula is C83H157N2O19P. The van der Waals surface area contributed by atoms with Crippen LogP contribution in [0, 0.1) is 0 Å². The number of hydrogen-bond acceptors (Lipinski definition) is 18. The van der Waals surface area contributed by atoms with Gasteiger partial charge in [-0.25, -0.2) is 0 Å². The SMILES string of the molecule is CCCCCCCCCCCCCC(=O)O[C@H](CCCCCCCCCCC)CC(=O)NC1[C@H](OCC2O[C@H](O)C(NC(=O)C[C@H](O)CCCCCCCCCCC)[C@@H](O)[C@@H]2O)OC(CO)[C@@H](OP(C)(=O)O)[C@@H]1OC(=O)C[C@@H](CCCCCCCCCCC)OC(=O)CCCCCCCCCCCCC. The second-order valence-electron chi connectivity index (χ2n) is 31.0. The summed E-state index contributed by atoms with van der Waals surface area (Å²) in [6, 6.07) is -3.18. The van der Waals surface area contributed by atoms with Crippen LogP contribution in [-0.2, 0) is 61.5 Å². The van der Waals surface area contributed by atoms with E-state index in [1.165, 1.54) is 135 Å². The molecule has 21 nitrogen and oxygen atoms in total. The summed E-state index contributed by atoms with van der Waals surface area (Å²) < 4.78 is 56.1. The van der Waals surface area contributed by atoms with E-state index < -0.39 is 137 Å². The van der Waals surface area contributed by atoms with Gasteiger partial charge >= 0.3 is 25.5 Å². The highest BCUT2D eigenvalue weighted by atomic mass is 31.2. The predicted molar refractivity (Wildman–Crippen MR) is 416 cm³/mol. The van der Waals surface area contributed by atoms with Gasteiger partial charge in [-0.05, 0) is 44.9 Å². The Morgan fingerprint density at radius 1 is 0.410 bits per heavy atom. The van der Waals surface area contributed by atoms with Crippen LogP contribution in [0.4, 0.5) is 0 Å². The van der Waals surface area contributed by atoms with Crippen LogP contribution < -0.4 is 10.6 Å². The minimum atomic E-state index is -4.56. The number of nitrogens with one attached hydrogen (secondary N) is 2. The number of amides is 2. The molecule has 0 bridgehead atoms. The lowest BCUT2D eigenvalue weighted by molar-refractivity contribution is -0.297. The van der Waals surface area contributed by atoms with Crippen LogP contribution in [0.3, 0.4) is 0 Å². The number of aliphatic hydroxyl groups excluding tert-OH is 5. The van der Waals surface area contributed by atoms with E-state index in [4.69, 9.17) is 32.9 Å². The van der Waals surface area contributed by atoms with E-state index in [1.807, 2.05) is 0 Å². The van der Waals surface area contributed by atoms with Crippen molar-refractivity contribution in [3.63, 3.8) is 0 Å². The summed E-state index contributed by atoms with van der Waals surface area (Å²) in [5.74, 6) is -3.23. The minimum absolute atomic E-state index is 0.158. The van der Waals surface area contributed by atoms with Crippen LogP contribution in [0.1, 0.15) is 401 Å². The first kappa shape index (κ1) is 98.3. The van der Waals surface area contributed by atoms with Crippen molar-refractivity contribution in [3.05, 3.63) is 0 Å². The van der Waals surface area contributed by atoms with Crippen molar-refractivity contribution in [2.24, 2.45) is 0 Å². The molecule has 0 saturated carbocycles. The molecule has 14 atom stereocenters. The van der Waals surface area contributed by atoms with Crippen LogP contribution in [0.15, 0.2) is 0 Å². The Bertz CT molecular complexity index is 2180. The van der Waals surface area contributed by atoms with Gasteiger partial charge in [-0.1, -0.05) is 324 Å². The van der Waals surface area contributed by atoms with Crippen LogP contribution in [-0.4, -0.2) is 160 Å². The second-order valence-corrected chi connectivity index (χ2v) is 32.8. The fourth-order valence-electron chi connectivity index (χ4n) is 14.5. The van der Waals surface area contributed by atoms with Gasteiger partial charge in [0.1, 0.15) is 54.8 Å². The summed E-state index contributed by atoms with van der Waals surface area (Å²) in [7, 11) is -4.56. The first-order valence-electron chi connectivity index (χ1n) is 43.2. The molecule has 2 aliphatic rings. The average molecular weight is 1520 g/mol. The fraction of sp³-hybridized carbons (Fsp3) is 0.940. The summed E-state index contributed by atoms with van der Waals surface area (Å²) in [5.41, 5.74) is 0. The van der Waals surface area contributed by atoms with Crippen LogP contribution in [0.5, 0.6) is 0 Å². The fourth-order valence-corrected chi connectivity index (χ4v) is 15.2. The Hall–Kier alpha value is -2.82. The average Bonchev–Trinajstić information content (AvgIpc) is 0.771. The molecule has 2 rings (SSSR count). The molecular weight excluding hydrogens is 1360 g/mol. The molecule has 618 valence electrons. The van der Waals surface area contributed by atoms with Gasteiger partial charge in [-0.2, -0.15) is 0 Å². The van der Waals surface area contributed by atoms with E-state index in [0.29, 0.717) is 44.9 Å². The molecule has 2 saturated heterocycles. The predicted octanol–water partition coefficient (Wildman–Crippen LogP) is 17.8. The third-order valence-electron chi connectivity index (χ3n) is 20.9. The molecule has 2 heterocycles. The topological polar surface area (TPSA) is 312 Å². The van der Waals surface area contributed by atoms with Gasteiger partial charge in [0.25, 0.3) is 0 Å². The molecule has 5 unspecified atom stereocenters. The third kappa shape index (κ3) is 50.6. The third-order valence-corrected chi connectivity index (χ3v) is 21.5. The lowest BCUT2D eigenvalue weighted by Gasteiger charge is -2.46. The zero-order chi connectivity index (χ0) is 77.0. The number of esters is 3. The normalized spacial score (nSPS) is 21.9. The van der Waals surface area contributed by atoms with Crippen molar-refractivity contribution in [3.8, 4) is 0 Å². The number of aliphatic hydroxyl groups is 5. The lowest BCUT2D eigenvalue weighted by atomic mass is 9.95. The Balaban J connectivity index is 2.52. The number of unbranched alkanes of at least 4 members (excludes halogenated alkanes) is 44. The highest BCUT2D eigenvalue weighted by Gasteiger charge is 2.53. The van der Waals surface area contributed by atoms with E-state index in [2.05, 4.69) is 45.3 Å². The second kappa shape index (κ2) is 64.8. The van der Waals surface area contributed by atoms with E-state index >= 15 is 0 Å². The van der Waals surface area contributed by atoms with Gasteiger partial charge in [0.15, 0.2) is 18.7 Å². The molecule has 22 heteroatoms. The summed E-state index contributed by atoms with van der Waals surface area (Å²) in [4.78, 5) is 81.2. The molecule has 105 heavy (non-hydrogen) atoms. The molecule has 0 aromatic rings. The number of rotatable bonds is 71. The van der Waals surface area contributed by atoms with Gasteiger partial charge in [-0.15, -0.1) is 0 Å². The number of carbonyl (C=O) groups excluding carboxylic acids is 5. The number of hydrogen-bond donors (Lipinski definition) is 8. The van der Waals surface area contributed by atoms with Gasteiger partial charge in [0.2, 0.25) is 11.8 Å². The van der Waals surface area contributed by atoms with Crippen LogP contribution in [0.25, 0.3) is 0 Å². The van der Waals surface area contributed by atoms with Crippen LogP contribution >= 0.6 is 7.60 Å². The van der Waals surface area contributed by atoms with Gasteiger partial charge < -0.3 is 69.5 Å². The summed E-state index contributed by atoms with van der Waals surface area (Å²) in [5, 5.41) is 61.5. The minimum Gasteiger partial charge on any atom is -0.462 e. The van der Waals surface area contributed by atoms with Crippen molar-refractivity contribution in [2.75, 3.05) is 19.9 Å². The van der Waals surface area contributed by atoms with Crippen molar-refractivity contribution >= 4 is 37.3 Å². The summed E-state index contributed by atoms with van der Waals surface area (Å²) in [6.45, 7) is 10.3. The van der Waals surface area contributed by atoms with E-state index in [1.54, 1.807) is 0 Å². The number of ether oxygens (including phenoxy) is 6. The van der Waals surface area contributed by atoms with Gasteiger partial charge in [0, 0.05) is 19.5 Å². The summed E-state index contributed by atoms with van der Waals surface area (Å²) >= 11 is 0. The maximum absolute atomic E-state index is 14.9. The number of carbonyl (C=O) groups is 5. The largest absolute Gasteiger partial charge is 0.462 e. The Kier molecular flexibility index (Phi) is 60.6. The zero-order valence-corrected chi connectivity index (χ0v) is 68.1. The van der Waals surface area contributed by atoms with E-state index in [9.17, 15) is 59.0 Å². The first-order valence-corrected chi connectivity index (χ1v) is 45.2. The van der Waals surface area contributed by atoms with Crippen molar-refractivity contribution in [1.82, 2.24) is 10.6 Å². The molecule has 2 amide bonds. The Labute approximate surface area is 637 Å². The van der Waals surface area contributed by atoms with E-state index in [0.717, 1.165) is 161 Å². The molecule has 0 radical (unpaired) electrons. The Morgan fingerprint density at radius 2 is 0.752 bits per heavy atom. The highest BCUT2D eigenvalue weighted by Crippen LogP contribution is 2.43. The van der Waals surface area contributed by atoms with Crippen molar-refractivity contribution in [2.45, 2.75) is 480 Å². The quantitative estimate of drug-likeness (QED) is 0.0121. The monoisotopic (exact) mass is 1520 g/mol. The molecule has 8 N–H and O–H groups in total. The van der Waals surface area contributed by atoms with Gasteiger partial charge in [0.05, 0.1) is 38.6 Å². The molecule has 0 aliphatic carbocycles. The zero-order valence-electron chi connectivity index (χ0n) is 67.2.